The summed E-state index contributed by atoms with van der Waals surface area (Å²) in [5, 5.41) is 0. The van der Waals surface area contributed by atoms with E-state index in [-0.39, 0.29) is 6.04 Å². The molecular weight excluding hydrogens is 220 g/mol. The van der Waals surface area contributed by atoms with Gasteiger partial charge >= 0.3 is 0 Å². The molecule has 2 nitrogen and oxygen atoms in total. The van der Waals surface area contributed by atoms with Crippen LogP contribution in [-0.2, 0) is 0 Å². The van der Waals surface area contributed by atoms with Crippen LogP contribution in [0.1, 0.15) is 43.4 Å². The third-order valence-electron chi connectivity index (χ3n) is 4.14. The number of hydrogen-bond donors (Lipinski definition) is 1. The number of likely N-dealkylation sites (tertiary alicyclic amines) is 1. The summed E-state index contributed by atoms with van der Waals surface area (Å²) in [6, 6.07) is 8.82. The molecule has 1 aliphatic heterocycles. The second kappa shape index (κ2) is 6.35. The van der Waals surface area contributed by atoms with Crippen molar-refractivity contribution in [2.24, 2.45) is 11.7 Å². The fourth-order valence-electron chi connectivity index (χ4n) is 2.59. The van der Waals surface area contributed by atoms with Crippen molar-refractivity contribution in [2.45, 2.75) is 39.2 Å². The first-order valence-electron chi connectivity index (χ1n) is 7.19. The number of nitrogens with zero attached hydrogens (tertiary/aromatic N) is 1. The molecule has 0 saturated carbocycles. The van der Waals surface area contributed by atoms with Crippen LogP contribution in [0.15, 0.2) is 24.3 Å². The van der Waals surface area contributed by atoms with Gasteiger partial charge in [0.25, 0.3) is 0 Å². The topological polar surface area (TPSA) is 29.3 Å². The zero-order chi connectivity index (χ0) is 13.0. The highest BCUT2D eigenvalue weighted by Gasteiger charge is 2.16. The first-order chi connectivity index (χ1) is 8.65. The van der Waals surface area contributed by atoms with Crippen LogP contribution in [0.3, 0.4) is 0 Å². The average Bonchev–Trinajstić information content (AvgIpc) is 2.38. The Kier molecular flexibility index (Phi) is 4.79. The number of benzene rings is 1. The number of nitrogens with two attached hydrogens (primary N) is 1. The Labute approximate surface area is 111 Å². The summed E-state index contributed by atoms with van der Waals surface area (Å²) in [6.45, 7) is 8.12. The Morgan fingerprint density at radius 3 is 2.44 bits per heavy atom. The highest BCUT2D eigenvalue weighted by Crippen LogP contribution is 2.19. The van der Waals surface area contributed by atoms with Crippen molar-refractivity contribution in [3.63, 3.8) is 0 Å². The average molecular weight is 246 g/mol. The van der Waals surface area contributed by atoms with Gasteiger partial charge in [0.15, 0.2) is 0 Å². The third kappa shape index (κ3) is 3.82. The molecule has 0 bridgehead atoms. The molecule has 1 heterocycles. The van der Waals surface area contributed by atoms with Crippen LogP contribution in [0.4, 0.5) is 0 Å². The van der Waals surface area contributed by atoms with Crippen LogP contribution in [-0.4, -0.2) is 24.5 Å². The van der Waals surface area contributed by atoms with Gasteiger partial charge in [0, 0.05) is 6.04 Å². The molecule has 0 aliphatic carbocycles. The lowest BCUT2D eigenvalue weighted by atomic mass is 9.98. The largest absolute Gasteiger partial charge is 0.324 e. The summed E-state index contributed by atoms with van der Waals surface area (Å²) in [4.78, 5) is 2.56. The van der Waals surface area contributed by atoms with Crippen molar-refractivity contribution in [1.29, 1.82) is 0 Å². The van der Waals surface area contributed by atoms with E-state index in [4.69, 9.17) is 5.73 Å². The zero-order valence-corrected chi connectivity index (χ0v) is 11.7. The molecule has 1 aromatic carbocycles. The van der Waals surface area contributed by atoms with Gasteiger partial charge in [0.2, 0.25) is 0 Å². The summed E-state index contributed by atoms with van der Waals surface area (Å²) in [5.41, 5.74) is 8.83. The van der Waals surface area contributed by atoms with Gasteiger partial charge in [-0.25, -0.2) is 0 Å². The Bertz CT molecular complexity index is 350. The molecule has 2 rings (SSSR count). The normalized spacial score (nSPS) is 19.9. The molecule has 1 saturated heterocycles. The predicted molar refractivity (Wildman–Crippen MR) is 77.6 cm³/mol. The lowest BCUT2D eigenvalue weighted by Gasteiger charge is -2.30. The number of rotatable bonds is 4. The maximum Gasteiger partial charge on any atom is 0.0307 e. The predicted octanol–water partition coefficient (Wildman–Crippen LogP) is 3.12. The third-order valence-corrected chi connectivity index (χ3v) is 4.14. The molecule has 0 aromatic heterocycles. The molecule has 1 aromatic rings. The van der Waals surface area contributed by atoms with Crippen LogP contribution >= 0.6 is 0 Å². The first kappa shape index (κ1) is 13.6. The summed E-state index contributed by atoms with van der Waals surface area (Å²) >= 11 is 0. The summed E-state index contributed by atoms with van der Waals surface area (Å²) in [5.74, 6) is 0.909. The molecule has 2 N–H and O–H groups in total. The van der Waals surface area contributed by atoms with Crippen molar-refractivity contribution in [1.82, 2.24) is 4.90 Å². The Hall–Kier alpha value is -0.860. The molecule has 2 heteroatoms. The minimum Gasteiger partial charge on any atom is -0.324 e. The van der Waals surface area contributed by atoms with E-state index in [0.29, 0.717) is 0 Å². The summed E-state index contributed by atoms with van der Waals surface area (Å²) in [7, 11) is 0. The van der Waals surface area contributed by atoms with Crippen LogP contribution in [0.2, 0.25) is 0 Å². The molecule has 0 radical (unpaired) electrons. The van der Waals surface area contributed by atoms with Crippen molar-refractivity contribution in [3.05, 3.63) is 35.4 Å². The van der Waals surface area contributed by atoms with E-state index in [1.165, 1.54) is 37.1 Å². The number of hydrogen-bond acceptors (Lipinski definition) is 2. The Morgan fingerprint density at radius 1 is 1.22 bits per heavy atom. The highest BCUT2D eigenvalue weighted by molar-refractivity contribution is 5.23. The van der Waals surface area contributed by atoms with Crippen LogP contribution < -0.4 is 5.73 Å². The molecule has 0 amide bonds. The van der Waals surface area contributed by atoms with Crippen LogP contribution in [0, 0.1) is 12.8 Å². The van der Waals surface area contributed by atoms with Gasteiger partial charge in [0.1, 0.15) is 0 Å². The SMILES string of the molecule is Cc1ccc(C(N)CCN2CCC(C)CC2)cc1. The van der Waals surface area contributed by atoms with Gasteiger partial charge in [-0.05, 0) is 57.3 Å². The number of piperidine rings is 1. The fraction of sp³-hybridized carbons (Fsp3) is 0.625. The van der Waals surface area contributed by atoms with E-state index >= 15 is 0 Å². The lowest BCUT2D eigenvalue weighted by molar-refractivity contribution is 0.187. The lowest BCUT2D eigenvalue weighted by Crippen LogP contribution is -2.34. The van der Waals surface area contributed by atoms with E-state index in [9.17, 15) is 0 Å². The molecule has 1 aliphatic rings. The quantitative estimate of drug-likeness (QED) is 0.884. The van der Waals surface area contributed by atoms with E-state index in [2.05, 4.69) is 43.0 Å². The van der Waals surface area contributed by atoms with Crippen molar-refractivity contribution < 1.29 is 0 Å². The Morgan fingerprint density at radius 2 is 1.83 bits per heavy atom. The minimum absolute atomic E-state index is 0.185. The molecule has 1 unspecified atom stereocenters. The fourth-order valence-corrected chi connectivity index (χ4v) is 2.59. The first-order valence-corrected chi connectivity index (χ1v) is 7.19. The highest BCUT2D eigenvalue weighted by atomic mass is 15.1. The molecule has 1 atom stereocenters. The summed E-state index contributed by atoms with van der Waals surface area (Å²) < 4.78 is 0. The molecule has 1 fully saturated rings. The second-order valence-electron chi connectivity index (χ2n) is 5.83. The molecule has 100 valence electrons. The minimum atomic E-state index is 0.185. The molecule has 0 spiro atoms. The number of aryl methyl sites for hydroxylation is 1. The monoisotopic (exact) mass is 246 g/mol. The van der Waals surface area contributed by atoms with Crippen molar-refractivity contribution in [2.75, 3.05) is 19.6 Å². The maximum absolute atomic E-state index is 6.26. The zero-order valence-electron chi connectivity index (χ0n) is 11.7. The van der Waals surface area contributed by atoms with E-state index in [1.54, 1.807) is 0 Å². The van der Waals surface area contributed by atoms with E-state index < -0.39 is 0 Å². The van der Waals surface area contributed by atoms with Gasteiger partial charge in [0.05, 0.1) is 0 Å². The van der Waals surface area contributed by atoms with E-state index in [0.717, 1.165) is 18.9 Å². The summed E-state index contributed by atoms with van der Waals surface area (Å²) in [6.07, 6.45) is 3.76. The van der Waals surface area contributed by atoms with Gasteiger partial charge in [-0.3, -0.25) is 0 Å². The van der Waals surface area contributed by atoms with Gasteiger partial charge in [-0.15, -0.1) is 0 Å². The van der Waals surface area contributed by atoms with Crippen LogP contribution in [0.25, 0.3) is 0 Å². The van der Waals surface area contributed by atoms with Crippen LogP contribution in [0.5, 0.6) is 0 Å². The smallest absolute Gasteiger partial charge is 0.0307 e. The molecule has 18 heavy (non-hydrogen) atoms. The van der Waals surface area contributed by atoms with Crippen molar-refractivity contribution in [3.8, 4) is 0 Å². The Balaban J connectivity index is 1.77. The van der Waals surface area contributed by atoms with E-state index in [1.807, 2.05) is 0 Å². The van der Waals surface area contributed by atoms with Gasteiger partial charge < -0.3 is 10.6 Å². The molecular formula is C16H26N2. The standard InChI is InChI=1S/C16H26N2/c1-13-3-5-15(6-4-13)16(17)9-12-18-10-7-14(2)8-11-18/h3-6,14,16H,7-12,17H2,1-2H3. The van der Waals surface area contributed by atoms with Crippen molar-refractivity contribution >= 4 is 0 Å². The van der Waals surface area contributed by atoms with Gasteiger partial charge in [-0.1, -0.05) is 36.8 Å². The second-order valence-corrected chi connectivity index (χ2v) is 5.83. The van der Waals surface area contributed by atoms with Gasteiger partial charge in [-0.2, -0.15) is 0 Å². The maximum atomic E-state index is 6.26.